The summed E-state index contributed by atoms with van der Waals surface area (Å²) in [4.78, 5) is 17.9. The van der Waals surface area contributed by atoms with Gasteiger partial charge in [0, 0.05) is 24.5 Å². The Morgan fingerprint density at radius 2 is 1.92 bits per heavy atom. The van der Waals surface area contributed by atoms with Crippen molar-refractivity contribution in [3.05, 3.63) is 47.2 Å². The summed E-state index contributed by atoms with van der Waals surface area (Å²) in [6.45, 7) is 9.42. The molecule has 0 radical (unpaired) electrons. The Kier molecular flexibility index (Phi) is 7.86. The van der Waals surface area contributed by atoms with Gasteiger partial charge in [-0.05, 0) is 57.9 Å². The Balaban J connectivity index is 2.94. The van der Waals surface area contributed by atoms with Crippen LogP contribution in [-0.2, 0) is 4.74 Å². The van der Waals surface area contributed by atoms with Crippen LogP contribution in [0.1, 0.15) is 46.6 Å². The maximum Gasteiger partial charge on any atom is 0.414 e. The number of anilines is 1. The lowest BCUT2D eigenvalue weighted by Crippen LogP contribution is -2.34. The predicted molar refractivity (Wildman–Crippen MR) is 110 cm³/mol. The first-order valence-corrected chi connectivity index (χ1v) is 8.65. The molecule has 0 fully saturated rings. The van der Waals surface area contributed by atoms with Gasteiger partial charge < -0.3 is 4.74 Å². The lowest BCUT2D eigenvalue weighted by molar-refractivity contribution is 0.0589. The Labute approximate surface area is 157 Å². The highest BCUT2D eigenvalue weighted by Gasteiger charge is 2.20. The number of allylic oxidation sites excluding steroid dienone is 3. The smallest absolute Gasteiger partial charge is 0.414 e. The minimum atomic E-state index is -0.524. The predicted octanol–water partition coefficient (Wildman–Crippen LogP) is 5.46. The van der Waals surface area contributed by atoms with Crippen molar-refractivity contribution < 1.29 is 9.53 Å². The number of amides is 1. The number of nitrogens with zero attached hydrogens (tertiary/aromatic N) is 2. The summed E-state index contributed by atoms with van der Waals surface area (Å²) in [7, 11) is 1.69. The van der Waals surface area contributed by atoms with E-state index in [1.165, 1.54) is 4.90 Å². The van der Waals surface area contributed by atoms with Crippen LogP contribution in [-0.4, -0.2) is 25.0 Å². The van der Waals surface area contributed by atoms with Gasteiger partial charge in [-0.25, -0.2) is 4.79 Å². The lowest BCUT2D eigenvalue weighted by Gasteiger charge is -2.24. The molecule has 0 spiro atoms. The van der Waals surface area contributed by atoms with Gasteiger partial charge in [0.2, 0.25) is 0 Å². The molecule has 0 N–H and O–H groups in total. The summed E-state index contributed by atoms with van der Waals surface area (Å²) < 4.78 is 5.37. The third-order valence-electron chi connectivity index (χ3n) is 3.48. The van der Waals surface area contributed by atoms with Crippen molar-refractivity contribution >= 4 is 24.1 Å². The molecular weight excluding hydrogens is 324 g/mol. The summed E-state index contributed by atoms with van der Waals surface area (Å²) in [6.07, 6.45) is 11.6. The Morgan fingerprint density at radius 3 is 2.38 bits per heavy atom. The van der Waals surface area contributed by atoms with Gasteiger partial charge in [-0.15, -0.1) is 6.42 Å². The number of carbonyl (C=O) groups excluding carboxylic acids is 1. The van der Waals surface area contributed by atoms with E-state index in [4.69, 9.17) is 11.2 Å². The number of benzene rings is 1. The topological polar surface area (TPSA) is 41.9 Å². The van der Waals surface area contributed by atoms with Crippen LogP contribution in [0.4, 0.5) is 10.5 Å². The van der Waals surface area contributed by atoms with Crippen LogP contribution in [0, 0.1) is 12.3 Å². The zero-order valence-electron chi connectivity index (χ0n) is 16.5. The molecule has 0 aromatic heterocycles. The van der Waals surface area contributed by atoms with Gasteiger partial charge in [-0.1, -0.05) is 31.1 Å². The molecular formula is C22H28N2O2. The quantitative estimate of drug-likeness (QED) is 0.401. The maximum absolute atomic E-state index is 12.1. The molecule has 1 amide bonds. The van der Waals surface area contributed by atoms with Crippen molar-refractivity contribution in [3.8, 4) is 12.3 Å². The second-order valence-electron chi connectivity index (χ2n) is 6.71. The van der Waals surface area contributed by atoms with E-state index in [1.807, 2.05) is 71.0 Å². The molecule has 4 heteroatoms. The molecule has 138 valence electrons. The van der Waals surface area contributed by atoms with Gasteiger partial charge in [0.25, 0.3) is 0 Å². The summed E-state index contributed by atoms with van der Waals surface area (Å²) in [6, 6.07) is 7.59. The molecule has 4 nitrogen and oxygen atoms in total. The van der Waals surface area contributed by atoms with Gasteiger partial charge in [-0.3, -0.25) is 9.89 Å². The number of rotatable bonds is 5. The minimum Gasteiger partial charge on any atom is -0.443 e. The second-order valence-corrected chi connectivity index (χ2v) is 6.71. The van der Waals surface area contributed by atoms with E-state index < -0.39 is 5.60 Å². The van der Waals surface area contributed by atoms with Crippen molar-refractivity contribution in [1.82, 2.24) is 0 Å². The second kappa shape index (κ2) is 9.62. The SMILES string of the molecule is C#CC(C=Cc1ccc(N(C)C(=O)OC(C)(C)C)cc1)=C(CC)N=CC. The molecule has 0 unspecified atom stereocenters. The van der Waals surface area contributed by atoms with Crippen molar-refractivity contribution in [2.24, 2.45) is 4.99 Å². The van der Waals surface area contributed by atoms with Crippen LogP contribution in [0.25, 0.3) is 6.08 Å². The number of carbonyl (C=O) groups is 1. The van der Waals surface area contributed by atoms with E-state index in [0.29, 0.717) is 0 Å². The molecule has 0 aliphatic heterocycles. The van der Waals surface area contributed by atoms with Crippen molar-refractivity contribution in [2.75, 3.05) is 11.9 Å². The molecule has 1 aromatic carbocycles. The van der Waals surface area contributed by atoms with E-state index >= 15 is 0 Å². The van der Waals surface area contributed by atoms with Crippen molar-refractivity contribution in [2.45, 2.75) is 46.6 Å². The summed E-state index contributed by atoms with van der Waals surface area (Å²) in [5.74, 6) is 2.68. The van der Waals surface area contributed by atoms with Crippen LogP contribution < -0.4 is 4.90 Å². The molecule has 0 saturated carbocycles. The van der Waals surface area contributed by atoms with E-state index in [0.717, 1.165) is 28.9 Å². The van der Waals surface area contributed by atoms with Gasteiger partial charge in [0.1, 0.15) is 5.60 Å². The first-order valence-electron chi connectivity index (χ1n) is 8.65. The molecule has 0 aliphatic carbocycles. The molecule has 1 rings (SSSR count). The summed E-state index contributed by atoms with van der Waals surface area (Å²) in [5.41, 5.74) is 2.86. The average molecular weight is 352 g/mol. The number of ether oxygens (including phenoxy) is 1. The van der Waals surface area contributed by atoms with E-state index in [-0.39, 0.29) is 6.09 Å². The molecule has 0 saturated heterocycles. The van der Waals surface area contributed by atoms with Gasteiger partial charge in [-0.2, -0.15) is 0 Å². The standard InChI is InChI=1S/C22H28N2O2/c1-8-18(20(9-2)23-10-3)14-11-17-12-15-19(16-13-17)24(7)21(25)26-22(4,5)6/h1,10-16H,9H2,2-7H3. The normalized spacial score (nSPS) is 12.8. The lowest BCUT2D eigenvalue weighted by atomic mass is 10.1. The third kappa shape index (κ3) is 6.60. The summed E-state index contributed by atoms with van der Waals surface area (Å²) in [5, 5.41) is 0. The highest BCUT2D eigenvalue weighted by atomic mass is 16.6. The molecule has 0 bridgehead atoms. The number of hydrogen-bond acceptors (Lipinski definition) is 3. The minimum absolute atomic E-state index is 0.386. The van der Waals surface area contributed by atoms with E-state index in [9.17, 15) is 4.79 Å². The Bertz CT molecular complexity index is 742. The van der Waals surface area contributed by atoms with Crippen molar-refractivity contribution in [3.63, 3.8) is 0 Å². The van der Waals surface area contributed by atoms with Gasteiger partial charge in [0.15, 0.2) is 0 Å². The van der Waals surface area contributed by atoms with Gasteiger partial charge in [0.05, 0.1) is 5.70 Å². The largest absolute Gasteiger partial charge is 0.443 e. The number of terminal acetylenes is 1. The molecule has 1 aromatic rings. The maximum atomic E-state index is 12.1. The zero-order chi connectivity index (χ0) is 19.7. The molecule has 0 heterocycles. The fourth-order valence-corrected chi connectivity index (χ4v) is 2.16. The van der Waals surface area contributed by atoms with Crippen LogP contribution in [0.3, 0.4) is 0 Å². The molecule has 26 heavy (non-hydrogen) atoms. The highest BCUT2D eigenvalue weighted by molar-refractivity contribution is 5.87. The summed E-state index contributed by atoms with van der Waals surface area (Å²) >= 11 is 0. The molecule has 0 atom stereocenters. The fraction of sp³-hybridized carbons (Fsp3) is 0.364. The van der Waals surface area contributed by atoms with E-state index in [1.54, 1.807) is 13.3 Å². The van der Waals surface area contributed by atoms with E-state index in [2.05, 4.69) is 10.9 Å². The Morgan fingerprint density at radius 1 is 1.31 bits per heavy atom. The zero-order valence-corrected chi connectivity index (χ0v) is 16.5. The van der Waals surface area contributed by atoms with Crippen LogP contribution in [0.5, 0.6) is 0 Å². The number of hydrogen-bond donors (Lipinski definition) is 0. The van der Waals surface area contributed by atoms with Crippen LogP contribution in [0.15, 0.2) is 46.6 Å². The van der Waals surface area contributed by atoms with Crippen LogP contribution >= 0.6 is 0 Å². The average Bonchev–Trinajstić information content (AvgIpc) is 2.59. The highest BCUT2D eigenvalue weighted by Crippen LogP contribution is 2.19. The monoisotopic (exact) mass is 352 g/mol. The van der Waals surface area contributed by atoms with Gasteiger partial charge >= 0.3 is 6.09 Å². The van der Waals surface area contributed by atoms with Crippen LogP contribution in [0.2, 0.25) is 0 Å². The molecule has 0 aliphatic rings. The first-order chi connectivity index (χ1) is 12.2. The Hall–Kier alpha value is -2.80. The van der Waals surface area contributed by atoms with Crippen molar-refractivity contribution in [1.29, 1.82) is 0 Å². The number of aliphatic imine (C=N–C) groups is 1. The first kappa shape index (κ1) is 21.2. The fourth-order valence-electron chi connectivity index (χ4n) is 2.16. The third-order valence-corrected chi connectivity index (χ3v) is 3.48.